The Bertz CT molecular complexity index is 748. The molecule has 0 bridgehead atoms. The standard InChI is InChI=1S/C18H25N5S.HI/c1-18(2,3)16-23-22-15(24-16)11-20-17(19)21-14-10-6-8-12-7-4-5-9-13(12)14;/h6,8,10H,4-5,7,9,11H2,1-3H3,(H3,19,20,21);1H. The van der Waals surface area contributed by atoms with E-state index in [4.69, 9.17) is 5.73 Å². The van der Waals surface area contributed by atoms with E-state index in [2.05, 4.69) is 59.5 Å². The average Bonchev–Trinajstić information content (AvgIpc) is 3.03. The van der Waals surface area contributed by atoms with Gasteiger partial charge in [0.05, 0.1) is 6.54 Å². The number of nitrogens with one attached hydrogen (secondary N) is 1. The highest BCUT2D eigenvalue weighted by atomic mass is 127. The molecule has 0 aliphatic heterocycles. The number of hydrogen-bond acceptors (Lipinski definition) is 4. The Morgan fingerprint density at radius 1 is 1.24 bits per heavy atom. The SMILES string of the molecule is CC(C)(C)c1nnc(CN=C(N)Nc2cccc3c2CCCC3)s1.I. The van der Waals surface area contributed by atoms with Crippen LogP contribution in [-0.4, -0.2) is 16.2 Å². The predicted molar refractivity (Wildman–Crippen MR) is 116 cm³/mol. The molecule has 0 amide bonds. The third kappa shape index (κ3) is 5.13. The van der Waals surface area contributed by atoms with E-state index in [-0.39, 0.29) is 29.4 Å². The lowest BCUT2D eigenvalue weighted by Crippen LogP contribution is -2.24. The summed E-state index contributed by atoms with van der Waals surface area (Å²) >= 11 is 1.60. The minimum absolute atomic E-state index is 0. The largest absolute Gasteiger partial charge is 0.370 e. The van der Waals surface area contributed by atoms with E-state index in [0.717, 1.165) is 28.5 Å². The summed E-state index contributed by atoms with van der Waals surface area (Å²) in [5, 5.41) is 13.6. The molecule has 0 atom stereocenters. The second-order valence-corrected chi connectivity index (χ2v) is 8.29. The monoisotopic (exact) mass is 471 g/mol. The van der Waals surface area contributed by atoms with E-state index in [9.17, 15) is 0 Å². The molecule has 3 N–H and O–H groups in total. The van der Waals surface area contributed by atoms with Crippen LogP contribution in [0.4, 0.5) is 5.69 Å². The molecule has 1 aliphatic carbocycles. The highest BCUT2D eigenvalue weighted by molar-refractivity contribution is 14.0. The van der Waals surface area contributed by atoms with Crippen LogP contribution in [0, 0.1) is 0 Å². The molecule has 1 aliphatic rings. The smallest absolute Gasteiger partial charge is 0.193 e. The van der Waals surface area contributed by atoms with Crippen molar-refractivity contribution in [1.82, 2.24) is 10.2 Å². The fourth-order valence-electron chi connectivity index (χ4n) is 2.85. The molecule has 136 valence electrons. The van der Waals surface area contributed by atoms with E-state index in [1.807, 2.05) is 0 Å². The van der Waals surface area contributed by atoms with Gasteiger partial charge in [0.2, 0.25) is 0 Å². The molecule has 25 heavy (non-hydrogen) atoms. The Morgan fingerprint density at radius 3 is 2.72 bits per heavy atom. The maximum absolute atomic E-state index is 6.07. The highest BCUT2D eigenvalue weighted by Gasteiger charge is 2.19. The molecule has 0 spiro atoms. The van der Waals surface area contributed by atoms with Gasteiger partial charge in [-0.25, -0.2) is 4.99 Å². The van der Waals surface area contributed by atoms with Gasteiger partial charge in [0.15, 0.2) is 5.96 Å². The van der Waals surface area contributed by atoms with Crippen LogP contribution in [0.3, 0.4) is 0 Å². The van der Waals surface area contributed by atoms with Gasteiger partial charge in [0.1, 0.15) is 10.0 Å². The lowest BCUT2D eigenvalue weighted by molar-refractivity contribution is 0.577. The minimum Gasteiger partial charge on any atom is -0.370 e. The number of halogens is 1. The van der Waals surface area contributed by atoms with Crippen LogP contribution in [0.5, 0.6) is 0 Å². The highest BCUT2D eigenvalue weighted by Crippen LogP contribution is 2.28. The Labute approximate surface area is 170 Å². The molecule has 0 saturated carbocycles. The van der Waals surface area contributed by atoms with Gasteiger partial charge in [-0.1, -0.05) is 44.2 Å². The van der Waals surface area contributed by atoms with E-state index in [1.165, 1.54) is 24.0 Å². The topological polar surface area (TPSA) is 76.2 Å². The number of aromatic nitrogens is 2. The number of benzene rings is 1. The molecule has 0 fully saturated rings. The maximum Gasteiger partial charge on any atom is 0.193 e. The second-order valence-electron chi connectivity index (χ2n) is 7.23. The fraction of sp³-hybridized carbons (Fsp3) is 0.500. The first-order valence-electron chi connectivity index (χ1n) is 8.44. The summed E-state index contributed by atoms with van der Waals surface area (Å²) in [4.78, 5) is 4.43. The molecule has 0 radical (unpaired) electrons. The molecule has 7 heteroatoms. The second kappa shape index (κ2) is 8.44. The summed E-state index contributed by atoms with van der Waals surface area (Å²) in [5.74, 6) is 0.432. The number of rotatable bonds is 3. The summed E-state index contributed by atoms with van der Waals surface area (Å²) in [6.45, 7) is 6.86. The van der Waals surface area contributed by atoms with E-state index in [1.54, 1.807) is 11.3 Å². The Morgan fingerprint density at radius 2 is 2.00 bits per heavy atom. The summed E-state index contributed by atoms with van der Waals surface area (Å²) in [6.07, 6.45) is 4.77. The van der Waals surface area contributed by atoms with Crippen LogP contribution in [0.1, 0.15) is 54.8 Å². The number of anilines is 1. The number of guanidine groups is 1. The summed E-state index contributed by atoms with van der Waals surface area (Å²) in [6, 6.07) is 6.37. The Balaban J connectivity index is 0.00000225. The van der Waals surface area contributed by atoms with Gasteiger partial charge in [-0.15, -0.1) is 34.2 Å². The van der Waals surface area contributed by atoms with Crippen molar-refractivity contribution in [3.05, 3.63) is 39.3 Å². The Hall–Kier alpha value is -1.22. The third-order valence-electron chi connectivity index (χ3n) is 4.15. The first-order chi connectivity index (χ1) is 11.4. The molecular formula is C18H26IN5S. The minimum atomic E-state index is 0. The number of aliphatic imine (C=N–C) groups is 1. The quantitative estimate of drug-likeness (QED) is 0.399. The molecule has 2 aromatic rings. The van der Waals surface area contributed by atoms with Crippen LogP contribution in [0.25, 0.3) is 0 Å². The van der Waals surface area contributed by atoms with Crippen molar-refractivity contribution in [2.24, 2.45) is 10.7 Å². The first-order valence-corrected chi connectivity index (χ1v) is 9.26. The lowest BCUT2D eigenvalue weighted by atomic mass is 9.90. The van der Waals surface area contributed by atoms with Gasteiger partial charge in [-0.05, 0) is 42.9 Å². The van der Waals surface area contributed by atoms with Crippen molar-refractivity contribution < 1.29 is 0 Å². The third-order valence-corrected chi connectivity index (χ3v) is 5.49. The first kappa shape index (κ1) is 20.1. The average molecular weight is 471 g/mol. The molecule has 3 rings (SSSR count). The summed E-state index contributed by atoms with van der Waals surface area (Å²) in [5.41, 5.74) is 9.99. The van der Waals surface area contributed by atoms with Crippen molar-refractivity contribution >= 4 is 47.0 Å². The molecule has 5 nitrogen and oxygen atoms in total. The van der Waals surface area contributed by atoms with Crippen molar-refractivity contribution in [2.75, 3.05) is 5.32 Å². The van der Waals surface area contributed by atoms with Gasteiger partial charge in [-0.2, -0.15) is 0 Å². The van der Waals surface area contributed by atoms with Crippen LogP contribution in [0.2, 0.25) is 0 Å². The zero-order valence-corrected chi connectivity index (χ0v) is 18.1. The Kier molecular flexibility index (Phi) is 6.79. The molecule has 1 heterocycles. The molecule has 0 saturated heterocycles. The number of fused-ring (bicyclic) bond motifs is 1. The van der Waals surface area contributed by atoms with Gasteiger partial charge in [0, 0.05) is 11.1 Å². The van der Waals surface area contributed by atoms with Crippen molar-refractivity contribution in [3.8, 4) is 0 Å². The van der Waals surface area contributed by atoms with Crippen molar-refractivity contribution in [1.29, 1.82) is 0 Å². The maximum atomic E-state index is 6.07. The van der Waals surface area contributed by atoms with E-state index < -0.39 is 0 Å². The van der Waals surface area contributed by atoms with Gasteiger partial charge < -0.3 is 11.1 Å². The van der Waals surface area contributed by atoms with Crippen LogP contribution in [-0.2, 0) is 24.8 Å². The lowest BCUT2D eigenvalue weighted by Gasteiger charge is -2.19. The van der Waals surface area contributed by atoms with Crippen molar-refractivity contribution in [2.45, 2.75) is 58.4 Å². The number of hydrogen-bond donors (Lipinski definition) is 2. The summed E-state index contributed by atoms with van der Waals surface area (Å²) in [7, 11) is 0. The number of nitrogens with two attached hydrogens (primary N) is 1. The normalized spacial score (nSPS) is 14.6. The summed E-state index contributed by atoms with van der Waals surface area (Å²) < 4.78 is 0. The van der Waals surface area contributed by atoms with E-state index >= 15 is 0 Å². The molecular weight excluding hydrogens is 445 g/mol. The van der Waals surface area contributed by atoms with Crippen LogP contribution >= 0.6 is 35.3 Å². The van der Waals surface area contributed by atoms with Gasteiger partial charge in [-0.3, -0.25) is 0 Å². The van der Waals surface area contributed by atoms with Crippen LogP contribution in [0.15, 0.2) is 23.2 Å². The van der Waals surface area contributed by atoms with Crippen LogP contribution < -0.4 is 11.1 Å². The van der Waals surface area contributed by atoms with Crippen molar-refractivity contribution in [3.63, 3.8) is 0 Å². The number of nitrogens with zero attached hydrogens (tertiary/aromatic N) is 3. The fourth-order valence-corrected chi connectivity index (χ4v) is 3.67. The van der Waals surface area contributed by atoms with Gasteiger partial charge >= 0.3 is 0 Å². The molecule has 0 unspecified atom stereocenters. The zero-order valence-electron chi connectivity index (χ0n) is 15.0. The van der Waals surface area contributed by atoms with Gasteiger partial charge in [0.25, 0.3) is 0 Å². The predicted octanol–water partition coefficient (Wildman–Crippen LogP) is 4.26. The molecule has 1 aromatic carbocycles. The number of aryl methyl sites for hydroxylation is 1. The zero-order chi connectivity index (χ0) is 17.2. The van der Waals surface area contributed by atoms with E-state index in [0.29, 0.717) is 12.5 Å². The molecule has 1 aromatic heterocycles.